The number of carboxylic acids is 1. The summed E-state index contributed by atoms with van der Waals surface area (Å²) in [6.45, 7) is 0. The molecule has 0 spiro atoms. The van der Waals surface area contributed by atoms with Gasteiger partial charge in [0.1, 0.15) is 6.10 Å². The van der Waals surface area contributed by atoms with Crippen LogP contribution in [0.4, 0.5) is 10.1 Å². The molecule has 1 fully saturated rings. The van der Waals surface area contributed by atoms with Crippen LogP contribution in [-0.4, -0.2) is 43.3 Å². The van der Waals surface area contributed by atoms with Crippen molar-refractivity contribution in [2.45, 2.75) is 25.0 Å². The third-order valence-corrected chi connectivity index (χ3v) is 3.42. The number of nitrogens with zero attached hydrogens (tertiary/aromatic N) is 1. The molecule has 21 heavy (non-hydrogen) atoms. The van der Waals surface area contributed by atoms with E-state index in [1.807, 2.05) is 0 Å². The number of benzene rings is 1. The molecule has 1 aromatic rings. The molecular formula is C14H16FNO5. The van der Waals surface area contributed by atoms with Crippen LogP contribution in [0.15, 0.2) is 18.2 Å². The topological polar surface area (TPSA) is 76.1 Å². The van der Waals surface area contributed by atoms with Crippen molar-refractivity contribution < 1.29 is 28.6 Å². The standard InChI is InChI=1S/C14H16FNO5/c1-16(8-3-4-10(20-2)9(15)7-8)13(17)11-5-6-12(21-11)14(18)19/h3-4,7,11-12H,5-6H2,1-2H3,(H,18,19)/t11-,12+/m0/s1. The monoisotopic (exact) mass is 297 g/mol. The second-order valence-electron chi connectivity index (χ2n) is 4.75. The van der Waals surface area contributed by atoms with Crippen molar-refractivity contribution >= 4 is 17.6 Å². The van der Waals surface area contributed by atoms with Gasteiger partial charge in [0, 0.05) is 18.8 Å². The summed E-state index contributed by atoms with van der Waals surface area (Å²) < 4.78 is 23.7. The number of amides is 1. The first-order valence-electron chi connectivity index (χ1n) is 6.43. The Labute approximate surface area is 121 Å². The molecule has 2 rings (SSSR count). The zero-order valence-corrected chi connectivity index (χ0v) is 11.7. The predicted molar refractivity (Wildman–Crippen MR) is 71.9 cm³/mol. The van der Waals surface area contributed by atoms with E-state index in [-0.39, 0.29) is 12.2 Å². The zero-order valence-electron chi connectivity index (χ0n) is 11.7. The van der Waals surface area contributed by atoms with E-state index in [4.69, 9.17) is 14.6 Å². The quantitative estimate of drug-likeness (QED) is 0.910. The van der Waals surface area contributed by atoms with Crippen molar-refractivity contribution in [3.8, 4) is 5.75 Å². The normalized spacial score (nSPS) is 21.1. The SMILES string of the molecule is COc1ccc(N(C)C(=O)[C@@H]2CC[C@H](C(=O)O)O2)cc1F. The first kappa shape index (κ1) is 15.2. The lowest BCUT2D eigenvalue weighted by Crippen LogP contribution is -2.37. The van der Waals surface area contributed by atoms with Crippen LogP contribution in [0.5, 0.6) is 5.75 Å². The van der Waals surface area contributed by atoms with Gasteiger partial charge in [0.25, 0.3) is 5.91 Å². The molecule has 1 aliphatic heterocycles. The van der Waals surface area contributed by atoms with E-state index < -0.39 is 29.9 Å². The summed E-state index contributed by atoms with van der Waals surface area (Å²) in [5.41, 5.74) is 0.348. The van der Waals surface area contributed by atoms with Gasteiger partial charge >= 0.3 is 5.97 Å². The highest BCUT2D eigenvalue weighted by molar-refractivity contribution is 5.96. The molecule has 1 amide bonds. The summed E-state index contributed by atoms with van der Waals surface area (Å²) in [4.78, 5) is 24.3. The van der Waals surface area contributed by atoms with Crippen molar-refractivity contribution in [2.24, 2.45) is 0 Å². The molecule has 0 bridgehead atoms. The number of carbonyl (C=O) groups excluding carboxylic acids is 1. The zero-order chi connectivity index (χ0) is 15.6. The number of hydrogen-bond donors (Lipinski definition) is 1. The lowest BCUT2D eigenvalue weighted by Gasteiger charge is -2.21. The van der Waals surface area contributed by atoms with E-state index in [1.54, 1.807) is 6.07 Å². The van der Waals surface area contributed by atoms with Crippen LogP contribution in [0.25, 0.3) is 0 Å². The van der Waals surface area contributed by atoms with Gasteiger partial charge in [0.2, 0.25) is 0 Å². The summed E-state index contributed by atoms with van der Waals surface area (Å²) in [6, 6.07) is 4.15. The maximum absolute atomic E-state index is 13.6. The van der Waals surface area contributed by atoms with Crippen LogP contribution < -0.4 is 9.64 Å². The lowest BCUT2D eigenvalue weighted by atomic mass is 10.1. The van der Waals surface area contributed by atoms with E-state index in [0.717, 1.165) is 0 Å². The molecule has 6 nitrogen and oxygen atoms in total. The maximum atomic E-state index is 13.6. The number of ether oxygens (including phenoxy) is 2. The highest BCUT2D eigenvalue weighted by Crippen LogP contribution is 2.26. The fourth-order valence-corrected chi connectivity index (χ4v) is 2.21. The number of carbonyl (C=O) groups is 2. The molecule has 0 radical (unpaired) electrons. The summed E-state index contributed by atoms with van der Waals surface area (Å²) in [7, 11) is 2.84. The molecule has 0 aromatic heterocycles. The second kappa shape index (κ2) is 6.09. The Hall–Kier alpha value is -2.15. The number of aliphatic carboxylic acids is 1. The molecule has 0 saturated carbocycles. The molecular weight excluding hydrogens is 281 g/mol. The van der Waals surface area contributed by atoms with Gasteiger partial charge in [-0.15, -0.1) is 0 Å². The molecule has 7 heteroatoms. The lowest BCUT2D eigenvalue weighted by molar-refractivity contribution is -0.151. The summed E-state index contributed by atoms with van der Waals surface area (Å²) in [5.74, 6) is -1.97. The minimum absolute atomic E-state index is 0.0858. The van der Waals surface area contributed by atoms with Crippen molar-refractivity contribution in [1.29, 1.82) is 0 Å². The summed E-state index contributed by atoms with van der Waals surface area (Å²) in [6.07, 6.45) is -1.16. The van der Waals surface area contributed by atoms with Gasteiger partial charge in [-0.1, -0.05) is 0 Å². The Morgan fingerprint density at radius 3 is 2.57 bits per heavy atom. The van der Waals surface area contributed by atoms with Crippen molar-refractivity contribution in [1.82, 2.24) is 0 Å². The third kappa shape index (κ3) is 3.13. The Morgan fingerprint density at radius 2 is 2.05 bits per heavy atom. The molecule has 1 aliphatic rings. The second-order valence-corrected chi connectivity index (χ2v) is 4.75. The van der Waals surface area contributed by atoms with E-state index in [0.29, 0.717) is 12.1 Å². The third-order valence-electron chi connectivity index (χ3n) is 3.42. The van der Waals surface area contributed by atoms with Crippen LogP contribution in [0.2, 0.25) is 0 Å². The van der Waals surface area contributed by atoms with Gasteiger partial charge in [0.05, 0.1) is 7.11 Å². The van der Waals surface area contributed by atoms with E-state index in [2.05, 4.69) is 0 Å². The fraction of sp³-hybridized carbons (Fsp3) is 0.429. The van der Waals surface area contributed by atoms with E-state index in [9.17, 15) is 14.0 Å². The minimum atomic E-state index is -1.08. The minimum Gasteiger partial charge on any atom is -0.494 e. The number of anilines is 1. The van der Waals surface area contributed by atoms with Gasteiger partial charge in [-0.3, -0.25) is 4.79 Å². The predicted octanol–water partition coefficient (Wildman–Crippen LogP) is 1.43. The Balaban J connectivity index is 2.09. The highest BCUT2D eigenvalue weighted by Gasteiger charge is 2.36. The van der Waals surface area contributed by atoms with Crippen LogP contribution in [0.3, 0.4) is 0 Å². The maximum Gasteiger partial charge on any atom is 0.332 e. The molecule has 1 N–H and O–H groups in total. The Morgan fingerprint density at radius 1 is 1.38 bits per heavy atom. The van der Waals surface area contributed by atoms with Gasteiger partial charge in [-0.05, 0) is 25.0 Å². The van der Waals surface area contributed by atoms with Gasteiger partial charge in [0.15, 0.2) is 17.7 Å². The van der Waals surface area contributed by atoms with Gasteiger partial charge in [-0.2, -0.15) is 0 Å². The molecule has 1 saturated heterocycles. The van der Waals surface area contributed by atoms with Crippen LogP contribution in [-0.2, 0) is 14.3 Å². The number of methoxy groups -OCH3 is 1. The van der Waals surface area contributed by atoms with Crippen LogP contribution >= 0.6 is 0 Å². The smallest absolute Gasteiger partial charge is 0.332 e. The Bertz CT molecular complexity index is 562. The number of carboxylic acid groups (broad SMARTS) is 1. The van der Waals surface area contributed by atoms with Gasteiger partial charge < -0.3 is 19.5 Å². The first-order valence-corrected chi connectivity index (χ1v) is 6.43. The molecule has 2 atom stereocenters. The van der Waals surface area contributed by atoms with E-state index in [1.165, 1.54) is 31.2 Å². The number of rotatable bonds is 4. The average molecular weight is 297 g/mol. The number of halogens is 1. The molecule has 114 valence electrons. The Kier molecular flexibility index (Phi) is 4.42. The number of likely N-dealkylation sites (N-methyl/N-ethyl adjacent to an activating group) is 1. The highest BCUT2D eigenvalue weighted by atomic mass is 19.1. The molecule has 1 aromatic carbocycles. The van der Waals surface area contributed by atoms with E-state index >= 15 is 0 Å². The largest absolute Gasteiger partial charge is 0.494 e. The van der Waals surface area contributed by atoms with Crippen LogP contribution in [0, 0.1) is 5.82 Å². The summed E-state index contributed by atoms with van der Waals surface area (Å²) in [5, 5.41) is 8.85. The average Bonchev–Trinajstić information content (AvgIpc) is 2.95. The van der Waals surface area contributed by atoms with Crippen molar-refractivity contribution in [2.75, 3.05) is 19.1 Å². The molecule has 0 aliphatic carbocycles. The number of hydrogen-bond acceptors (Lipinski definition) is 4. The van der Waals surface area contributed by atoms with Crippen molar-refractivity contribution in [3.63, 3.8) is 0 Å². The van der Waals surface area contributed by atoms with Gasteiger partial charge in [-0.25, -0.2) is 9.18 Å². The molecule has 0 unspecified atom stereocenters. The first-order chi connectivity index (χ1) is 9.93. The van der Waals surface area contributed by atoms with Crippen molar-refractivity contribution in [3.05, 3.63) is 24.0 Å². The molecule has 1 heterocycles. The fourth-order valence-electron chi connectivity index (χ4n) is 2.21. The summed E-state index contributed by atoms with van der Waals surface area (Å²) >= 11 is 0. The van der Waals surface area contributed by atoms with Crippen LogP contribution in [0.1, 0.15) is 12.8 Å².